The molecule has 0 aliphatic rings. The summed E-state index contributed by atoms with van der Waals surface area (Å²) in [5, 5.41) is 35.4. The molecule has 0 aliphatic heterocycles. The Bertz CT molecular complexity index is 1370. The number of hydrogen-bond acceptors (Lipinski definition) is 8. The minimum atomic E-state index is -0.519. The Labute approximate surface area is 233 Å². The largest absolute Gasteiger partial charge is 0.508 e. The summed E-state index contributed by atoms with van der Waals surface area (Å²) < 4.78 is 11.1. The average Bonchev–Trinajstić information content (AvgIpc) is 2.85. The number of carbonyl (C=O) groups is 2. The molecule has 40 heavy (non-hydrogen) atoms. The summed E-state index contributed by atoms with van der Waals surface area (Å²) in [6.07, 6.45) is 3.95. The van der Waals surface area contributed by atoms with E-state index in [4.69, 9.17) is 9.15 Å². The average molecular weight is 555 g/mol. The molecule has 0 bridgehead atoms. The number of aromatic hydroxyl groups is 3. The van der Waals surface area contributed by atoms with Crippen LogP contribution in [0.1, 0.15) is 65.1 Å². The first-order valence-corrected chi connectivity index (χ1v) is 13.5. The Kier molecular flexibility index (Phi) is 10.4. The molecule has 2 amide bonds. The second-order valence-corrected chi connectivity index (χ2v) is 10.7. The van der Waals surface area contributed by atoms with Gasteiger partial charge in [0, 0.05) is 38.1 Å². The van der Waals surface area contributed by atoms with Crippen molar-refractivity contribution in [2.24, 2.45) is 0 Å². The molecular weight excluding hydrogens is 516 g/mol. The van der Waals surface area contributed by atoms with Crippen LogP contribution in [-0.2, 0) is 16.0 Å². The number of ether oxygens (including phenoxy) is 1. The number of phenolic OH excluding ortho intramolecular Hbond substituents is 3. The highest BCUT2D eigenvalue weighted by molar-refractivity contribution is 5.89. The van der Waals surface area contributed by atoms with Crippen LogP contribution in [0, 0.1) is 0 Å². The van der Waals surface area contributed by atoms with Gasteiger partial charge in [-0.2, -0.15) is 0 Å². The molecule has 0 radical (unpaired) electrons. The van der Waals surface area contributed by atoms with Crippen LogP contribution in [0.4, 0.5) is 4.79 Å². The normalized spacial score (nSPS) is 11.4. The number of fused-ring (bicyclic) bond motifs is 1. The smallest absolute Gasteiger partial charge is 0.407 e. The molecule has 0 unspecified atom stereocenters. The van der Waals surface area contributed by atoms with Gasteiger partial charge in [-0.25, -0.2) is 4.79 Å². The number of alkyl carbamates (subject to hydrolysis) is 1. The van der Waals surface area contributed by atoms with Crippen molar-refractivity contribution in [1.29, 1.82) is 0 Å². The molecule has 10 heteroatoms. The van der Waals surface area contributed by atoms with E-state index in [2.05, 4.69) is 10.6 Å². The van der Waals surface area contributed by atoms with Gasteiger partial charge in [0.1, 0.15) is 39.6 Å². The van der Waals surface area contributed by atoms with Crippen molar-refractivity contribution in [2.45, 2.75) is 71.3 Å². The molecule has 0 fully saturated rings. The molecule has 2 aromatic carbocycles. The number of amides is 2. The molecule has 10 nitrogen and oxygen atoms in total. The van der Waals surface area contributed by atoms with E-state index < -0.39 is 22.9 Å². The third kappa shape index (κ3) is 8.93. The Morgan fingerprint density at radius 3 is 2.17 bits per heavy atom. The van der Waals surface area contributed by atoms with E-state index >= 15 is 0 Å². The molecule has 1 heterocycles. The number of hydrogen-bond donors (Lipinski definition) is 5. The molecule has 3 aromatic rings. The van der Waals surface area contributed by atoms with Crippen LogP contribution in [0.3, 0.4) is 0 Å². The highest BCUT2D eigenvalue weighted by Crippen LogP contribution is 2.33. The predicted molar refractivity (Wildman–Crippen MR) is 152 cm³/mol. The van der Waals surface area contributed by atoms with Gasteiger partial charge in [0.05, 0.1) is 5.56 Å². The third-order valence-corrected chi connectivity index (χ3v) is 6.09. The first-order valence-electron chi connectivity index (χ1n) is 13.5. The number of phenols is 3. The first kappa shape index (κ1) is 30.3. The van der Waals surface area contributed by atoms with Crippen LogP contribution in [0.25, 0.3) is 22.1 Å². The van der Waals surface area contributed by atoms with Gasteiger partial charge in [0.25, 0.3) is 0 Å². The zero-order valence-electron chi connectivity index (χ0n) is 23.2. The van der Waals surface area contributed by atoms with Crippen molar-refractivity contribution < 1.29 is 34.1 Å². The summed E-state index contributed by atoms with van der Waals surface area (Å²) in [6, 6.07) is 8.39. The third-order valence-electron chi connectivity index (χ3n) is 6.09. The van der Waals surface area contributed by atoms with Gasteiger partial charge < -0.3 is 35.1 Å². The minimum Gasteiger partial charge on any atom is -0.508 e. The summed E-state index contributed by atoms with van der Waals surface area (Å²) in [5.74, 6) is -0.390. The van der Waals surface area contributed by atoms with Crippen LogP contribution in [0.2, 0.25) is 0 Å². The molecule has 5 N–H and O–H groups in total. The number of unbranched alkanes of at least 4 members (excludes halogenated alkanes) is 3. The van der Waals surface area contributed by atoms with Crippen LogP contribution in [0.15, 0.2) is 45.6 Å². The van der Waals surface area contributed by atoms with Crippen molar-refractivity contribution >= 4 is 23.0 Å². The Hall–Kier alpha value is -4.21. The number of carbonyl (C=O) groups excluding carboxylic acids is 2. The van der Waals surface area contributed by atoms with Crippen LogP contribution < -0.4 is 16.1 Å². The summed E-state index contributed by atoms with van der Waals surface area (Å²) >= 11 is 0. The van der Waals surface area contributed by atoms with E-state index in [0.29, 0.717) is 30.8 Å². The molecule has 0 aliphatic carbocycles. The summed E-state index contributed by atoms with van der Waals surface area (Å²) in [5.41, 5.74) is -0.207. The lowest BCUT2D eigenvalue weighted by atomic mass is 9.99. The maximum Gasteiger partial charge on any atom is 0.407 e. The Morgan fingerprint density at radius 1 is 0.875 bits per heavy atom. The van der Waals surface area contributed by atoms with E-state index in [1.54, 1.807) is 12.1 Å². The van der Waals surface area contributed by atoms with Crippen molar-refractivity contribution in [3.63, 3.8) is 0 Å². The second-order valence-electron chi connectivity index (χ2n) is 10.7. The number of aryl methyl sites for hydroxylation is 1. The van der Waals surface area contributed by atoms with E-state index in [9.17, 15) is 29.7 Å². The van der Waals surface area contributed by atoms with Gasteiger partial charge in [0.2, 0.25) is 11.3 Å². The molecule has 1 aromatic heterocycles. The standard InChI is InChI=1S/C30H38N2O8/c1-30(2,3)40-29(38)32-16-7-5-4-6-15-31-25(36)10-8-9-23-26(19-11-13-20(33)14-12-19)28(37)27-22(35)17-21(34)18-24(27)39-23/h11-14,17-18,33-35H,4-10,15-16H2,1-3H3,(H,31,36)(H,32,38). The number of rotatable bonds is 12. The Morgan fingerprint density at radius 2 is 1.52 bits per heavy atom. The van der Waals surface area contributed by atoms with Gasteiger partial charge in [0.15, 0.2) is 0 Å². The van der Waals surface area contributed by atoms with E-state index in [1.807, 2.05) is 20.8 Å². The topological polar surface area (TPSA) is 158 Å². The van der Waals surface area contributed by atoms with Gasteiger partial charge in [-0.05, 0) is 57.7 Å². The monoisotopic (exact) mass is 554 g/mol. The first-order chi connectivity index (χ1) is 18.9. The molecule has 216 valence electrons. The zero-order chi connectivity index (χ0) is 29.3. The number of benzene rings is 2. The highest BCUT2D eigenvalue weighted by atomic mass is 16.6. The van der Waals surface area contributed by atoms with Gasteiger partial charge in [-0.3, -0.25) is 9.59 Å². The lowest BCUT2D eigenvalue weighted by Crippen LogP contribution is -2.33. The maximum absolute atomic E-state index is 13.4. The fourth-order valence-electron chi connectivity index (χ4n) is 4.26. The molecule has 0 atom stereocenters. The fraction of sp³-hybridized carbons (Fsp3) is 0.433. The second kappa shape index (κ2) is 13.7. The number of nitrogens with one attached hydrogen (secondary N) is 2. The minimum absolute atomic E-state index is 0.0392. The fourth-order valence-corrected chi connectivity index (χ4v) is 4.26. The van der Waals surface area contributed by atoms with E-state index in [1.165, 1.54) is 18.2 Å². The van der Waals surface area contributed by atoms with E-state index in [-0.39, 0.29) is 46.8 Å². The lowest BCUT2D eigenvalue weighted by Gasteiger charge is -2.19. The highest BCUT2D eigenvalue weighted by Gasteiger charge is 2.20. The molecule has 3 rings (SSSR count). The quantitative estimate of drug-likeness (QED) is 0.193. The molecule has 0 spiro atoms. The molecule has 0 saturated heterocycles. The lowest BCUT2D eigenvalue weighted by molar-refractivity contribution is -0.121. The molecule has 0 saturated carbocycles. The van der Waals surface area contributed by atoms with Crippen molar-refractivity contribution in [2.75, 3.05) is 13.1 Å². The van der Waals surface area contributed by atoms with E-state index in [0.717, 1.165) is 31.7 Å². The van der Waals surface area contributed by atoms with Crippen molar-refractivity contribution in [1.82, 2.24) is 10.6 Å². The SMILES string of the molecule is CC(C)(C)OC(=O)NCCCCCCNC(=O)CCCc1oc2cc(O)cc(O)c2c(=O)c1-c1ccc(O)cc1. The Balaban J connectivity index is 1.49. The summed E-state index contributed by atoms with van der Waals surface area (Å²) in [6.45, 7) is 6.53. The zero-order valence-corrected chi connectivity index (χ0v) is 23.2. The van der Waals surface area contributed by atoms with Gasteiger partial charge in [-0.1, -0.05) is 25.0 Å². The van der Waals surface area contributed by atoms with Crippen LogP contribution in [-0.4, -0.2) is 46.0 Å². The summed E-state index contributed by atoms with van der Waals surface area (Å²) in [7, 11) is 0. The van der Waals surface area contributed by atoms with Gasteiger partial charge >= 0.3 is 6.09 Å². The molecular formula is C30H38N2O8. The van der Waals surface area contributed by atoms with Crippen molar-refractivity contribution in [3.8, 4) is 28.4 Å². The van der Waals surface area contributed by atoms with Crippen molar-refractivity contribution in [3.05, 3.63) is 52.4 Å². The van der Waals surface area contributed by atoms with Gasteiger partial charge in [-0.15, -0.1) is 0 Å². The van der Waals surface area contributed by atoms with Crippen LogP contribution >= 0.6 is 0 Å². The predicted octanol–water partition coefficient (Wildman–Crippen LogP) is 5.10. The van der Waals surface area contributed by atoms with Crippen LogP contribution in [0.5, 0.6) is 17.2 Å². The summed E-state index contributed by atoms with van der Waals surface area (Å²) in [4.78, 5) is 37.3. The maximum atomic E-state index is 13.4.